The highest BCUT2D eigenvalue weighted by atomic mass is 16.2. The smallest absolute Gasteiger partial charge is 0.255 e. The van der Waals surface area contributed by atoms with E-state index >= 15 is 0 Å². The minimum absolute atomic E-state index is 0.188. The molecule has 4 aromatic carbocycles. The first kappa shape index (κ1) is 18.4. The summed E-state index contributed by atoms with van der Waals surface area (Å²) < 4.78 is 0. The Morgan fingerprint density at radius 3 is 1.90 bits per heavy atom. The van der Waals surface area contributed by atoms with Crippen LogP contribution >= 0.6 is 0 Å². The molecule has 4 nitrogen and oxygen atoms in total. The lowest BCUT2D eigenvalue weighted by Crippen LogP contribution is -2.14. The van der Waals surface area contributed by atoms with Gasteiger partial charge in [0, 0.05) is 22.5 Å². The Kier molecular flexibility index (Phi) is 5.08. The van der Waals surface area contributed by atoms with Crippen molar-refractivity contribution >= 4 is 34.0 Å². The van der Waals surface area contributed by atoms with Gasteiger partial charge in [0.1, 0.15) is 0 Å². The predicted octanol–water partition coefficient (Wildman–Crippen LogP) is 5.65. The van der Waals surface area contributed by atoms with Gasteiger partial charge < -0.3 is 10.6 Å². The van der Waals surface area contributed by atoms with E-state index in [4.69, 9.17) is 0 Å². The van der Waals surface area contributed by atoms with E-state index < -0.39 is 0 Å². The van der Waals surface area contributed by atoms with Crippen LogP contribution in [0, 0.1) is 6.92 Å². The van der Waals surface area contributed by atoms with E-state index in [0.29, 0.717) is 22.5 Å². The Hall–Kier alpha value is -3.92. The molecule has 0 heterocycles. The number of carbonyl (C=O) groups is 2. The molecular formula is C25H20N2O2. The summed E-state index contributed by atoms with van der Waals surface area (Å²) in [6.07, 6.45) is 0. The van der Waals surface area contributed by atoms with E-state index in [1.165, 1.54) is 0 Å². The van der Waals surface area contributed by atoms with Crippen LogP contribution < -0.4 is 10.6 Å². The van der Waals surface area contributed by atoms with E-state index in [2.05, 4.69) is 10.6 Å². The first-order chi connectivity index (χ1) is 14.1. The van der Waals surface area contributed by atoms with Gasteiger partial charge in [0.2, 0.25) is 0 Å². The summed E-state index contributed by atoms with van der Waals surface area (Å²) in [5, 5.41) is 7.87. The third-order valence-corrected chi connectivity index (χ3v) is 4.67. The molecule has 0 aliphatic carbocycles. The fraction of sp³-hybridized carbons (Fsp3) is 0.0400. The number of carbonyl (C=O) groups excluding carboxylic acids is 2. The molecule has 0 aliphatic heterocycles. The Bertz CT molecular complexity index is 1210. The lowest BCUT2D eigenvalue weighted by Gasteiger charge is -2.10. The Morgan fingerprint density at radius 1 is 0.586 bits per heavy atom. The zero-order chi connectivity index (χ0) is 20.2. The summed E-state index contributed by atoms with van der Waals surface area (Å²) >= 11 is 0. The first-order valence-corrected chi connectivity index (χ1v) is 9.37. The highest BCUT2D eigenvalue weighted by molar-refractivity contribution is 6.07. The molecule has 0 aromatic heterocycles. The van der Waals surface area contributed by atoms with Crippen molar-refractivity contribution in [3.8, 4) is 0 Å². The molecule has 0 unspecified atom stereocenters. The average molecular weight is 380 g/mol. The highest BCUT2D eigenvalue weighted by Crippen LogP contribution is 2.19. The molecule has 0 spiro atoms. The molecule has 142 valence electrons. The van der Waals surface area contributed by atoms with Gasteiger partial charge >= 0.3 is 0 Å². The number of nitrogens with one attached hydrogen (secondary N) is 2. The monoisotopic (exact) mass is 380 g/mol. The number of aryl methyl sites for hydroxylation is 1. The van der Waals surface area contributed by atoms with Gasteiger partial charge in [-0.3, -0.25) is 9.59 Å². The molecule has 4 rings (SSSR count). The third-order valence-electron chi connectivity index (χ3n) is 4.67. The number of rotatable bonds is 4. The van der Waals surface area contributed by atoms with Gasteiger partial charge in [-0.1, -0.05) is 54.1 Å². The molecule has 0 radical (unpaired) electrons. The van der Waals surface area contributed by atoms with Crippen molar-refractivity contribution in [3.05, 3.63) is 108 Å². The molecular weight excluding hydrogens is 360 g/mol. The van der Waals surface area contributed by atoms with E-state index in [1.54, 1.807) is 36.4 Å². The van der Waals surface area contributed by atoms with Crippen molar-refractivity contribution in [2.75, 3.05) is 10.6 Å². The van der Waals surface area contributed by atoms with Gasteiger partial charge in [0.05, 0.1) is 0 Å². The molecule has 0 atom stereocenters. The second-order valence-electron chi connectivity index (χ2n) is 6.92. The van der Waals surface area contributed by atoms with E-state index in [1.807, 2.05) is 61.5 Å². The Labute approximate surface area is 169 Å². The van der Waals surface area contributed by atoms with E-state index in [-0.39, 0.29) is 11.8 Å². The summed E-state index contributed by atoms with van der Waals surface area (Å²) in [6, 6.07) is 28.0. The topological polar surface area (TPSA) is 58.2 Å². The first-order valence-electron chi connectivity index (χ1n) is 9.37. The number of hydrogen-bond donors (Lipinski definition) is 2. The van der Waals surface area contributed by atoms with Crippen LogP contribution in [0.1, 0.15) is 26.3 Å². The zero-order valence-electron chi connectivity index (χ0n) is 16.0. The summed E-state index contributed by atoms with van der Waals surface area (Å²) in [5.41, 5.74) is 3.43. The lowest BCUT2D eigenvalue weighted by molar-refractivity contribution is 0.101. The average Bonchev–Trinajstić information content (AvgIpc) is 2.73. The van der Waals surface area contributed by atoms with Gasteiger partial charge in [-0.15, -0.1) is 0 Å². The quantitative estimate of drug-likeness (QED) is 0.480. The number of amides is 2. The third kappa shape index (κ3) is 4.33. The minimum atomic E-state index is -0.196. The Balaban J connectivity index is 1.49. The maximum atomic E-state index is 12.7. The number of benzene rings is 4. The van der Waals surface area contributed by atoms with Crippen molar-refractivity contribution in [1.29, 1.82) is 0 Å². The van der Waals surface area contributed by atoms with Crippen LogP contribution in [-0.4, -0.2) is 11.8 Å². The maximum absolute atomic E-state index is 12.7. The van der Waals surface area contributed by atoms with Crippen molar-refractivity contribution in [3.63, 3.8) is 0 Å². The van der Waals surface area contributed by atoms with Crippen LogP contribution in [0.15, 0.2) is 91.0 Å². The second kappa shape index (κ2) is 7.98. The maximum Gasteiger partial charge on any atom is 0.255 e. The van der Waals surface area contributed by atoms with Crippen LogP contribution in [0.4, 0.5) is 11.4 Å². The molecule has 0 bridgehead atoms. The summed E-state index contributed by atoms with van der Waals surface area (Å²) in [6.45, 7) is 1.94. The fourth-order valence-corrected chi connectivity index (χ4v) is 3.20. The van der Waals surface area contributed by atoms with Crippen molar-refractivity contribution < 1.29 is 9.59 Å². The highest BCUT2D eigenvalue weighted by Gasteiger charge is 2.09. The molecule has 4 aromatic rings. The molecule has 2 amide bonds. The van der Waals surface area contributed by atoms with Crippen LogP contribution in [0.5, 0.6) is 0 Å². The predicted molar refractivity (Wildman–Crippen MR) is 117 cm³/mol. The van der Waals surface area contributed by atoms with Gasteiger partial charge in [-0.05, 0) is 60.2 Å². The van der Waals surface area contributed by atoms with Gasteiger partial charge in [0.25, 0.3) is 11.8 Å². The van der Waals surface area contributed by atoms with Crippen LogP contribution in [0.2, 0.25) is 0 Å². The lowest BCUT2D eigenvalue weighted by atomic mass is 10.1. The Morgan fingerprint density at radius 2 is 1.21 bits per heavy atom. The van der Waals surface area contributed by atoms with E-state index in [9.17, 15) is 9.59 Å². The van der Waals surface area contributed by atoms with E-state index in [0.717, 1.165) is 16.3 Å². The number of anilines is 2. The summed E-state index contributed by atoms with van der Waals surface area (Å²) in [4.78, 5) is 25.1. The molecule has 0 aliphatic rings. The largest absolute Gasteiger partial charge is 0.322 e. The van der Waals surface area contributed by atoms with Gasteiger partial charge in [-0.2, -0.15) is 0 Å². The molecule has 0 fully saturated rings. The van der Waals surface area contributed by atoms with Gasteiger partial charge in [-0.25, -0.2) is 0 Å². The minimum Gasteiger partial charge on any atom is -0.322 e. The zero-order valence-corrected chi connectivity index (χ0v) is 16.0. The molecule has 0 saturated carbocycles. The molecule has 0 saturated heterocycles. The summed E-state index contributed by atoms with van der Waals surface area (Å²) in [7, 11) is 0. The normalized spacial score (nSPS) is 10.5. The second-order valence-corrected chi connectivity index (χ2v) is 6.92. The van der Waals surface area contributed by atoms with Crippen molar-refractivity contribution in [2.45, 2.75) is 6.92 Å². The standard InChI is InChI=1S/C25H20N2O2/c1-17-6-4-9-20(14-17)24(28)26-22-10-5-11-23(16-22)27-25(29)21-13-12-18-7-2-3-8-19(18)15-21/h2-16H,1H3,(H,26,28)(H,27,29). The fourth-order valence-electron chi connectivity index (χ4n) is 3.20. The van der Waals surface area contributed by atoms with Crippen LogP contribution in [-0.2, 0) is 0 Å². The number of fused-ring (bicyclic) bond motifs is 1. The van der Waals surface area contributed by atoms with Crippen molar-refractivity contribution in [2.24, 2.45) is 0 Å². The number of hydrogen-bond acceptors (Lipinski definition) is 2. The molecule has 29 heavy (non-hydrogen) atoms. The van der Waals surface area contributed by atoms with Gasteiger partial charge in [0.15, 0.2) is 0 Å². The van der Waals surface area contributed by atoms with Crippen LogP contribution in [0.25, 0.3) is 10.8 Å². The summed E-state index contributed by atoms with van der Waals surface area (Å²) in [5.74, 6) is -0.385. The molecule has 4 heteroatoms. The SMILES string of the molecule is Cc1cccc(C(=O)Nc2cccc(NC(=O)c3ccc4ccccc4c3)c2)c1. The molecule has 2 N–H and O–H groups in total. The van der Waals surface area contributed by atoms with Crippen molar-refractivity contribution in [1.82, 2.24) is 0 Å². The van der Waals surface area contributed by atoms with Crippen LogP contribution in [0.3, 0.4) is 0 Å².